The van der Waals surface area contributed by atoms with Crippen molar-refractivity contribution in [2.75, 3.05) is 25.5 Å². The second-order valence-corrected chi connectivity index (χ2v) is 8.42. The van der Waals surface area contributed by atoms with E-state index in [0.717, 1.165) is 42.9 Å². The molecule has 0 atom stereocenters. The predicted molar refractivity (Wildman–Crippen MR) is 128 cm³/mol. The Hall–Kier alpha value is -3.91. The molecule has 1 aliphatic rings. The van der Waals surface area contributed by atoms with Crippen molar-refractivity contribution < 1.29 is 9.90 Å². The summed E-state index contributed by atoms with van der Waals surface area (Å²) in [5.74, 6) is 0.639. The van der Waals surface area contributed by atoms with Gasteiger partial charge in [0, 0.05) is 22.9 Å². The van der Waals surface area contributed by atoms with Crippen LogP contribution in [0.3, 0.4) is 0 Å². The van der Waals surface area contributed by atoms with Gasteiger partial charge in [-0.05, 0) is 93.6 Å². The van der Waals surface area contributed by atoms with Crippen molar-refractivity contribution in [2.24, 2.45) is 0 Å². The Morgan fingerprint density at radius 3 is 2.45 bits per heavy atom. The van der Waals surface area contributed by atoms with E-state index in [4.69, 9.17) is 0 Å². The van der Waals surface area contributed by atoms with Gasteiger partial charge in [0.2, 0.25) is 5.95 Å². The number of benzene rings is 2. The molecule has 168 valence electrons. The van der Waals surface area contributed by atoms with Crippen molar-refractivity contribution in [3.8, 4) is 17.0 Å². The van der Waals surface area contributed by atoms with Gasteiger partial charge in [-0.2, -0.15) is 4.98 Å². The number of carbonyl (C=O) groups excluding carboxylic acids is 1. The Bertz CT molecular complexity index is 1260. The number of likely N-dealkylation sites (tertiary alicyclic amines) is 1. The lowest BCUT2D eigenvalue weighted by Crippen LogP contribution is -2.43. The first-order chi connectivity index (χ1) is 16.0. The summed E-state index contributed by atoms with van der Waals surface area (Å²) in [4.78, 5) is 19.4. The molecule has 0 saturated carbocycles. The summed E-state index contributed by atoms with van der Waals surface area (Å²) in [7, 11) is 2.11. The minimum absolute atomic E-state index is 0.0412. The molecule has 3 heterocycles. The molecule has 8 nitrogen and oxygen atoms in total. The van der Waals surface area contributed by atoms with Crippen LogP contribution >= 0.6 is 0 Å². The van der Waals surface area contributed by atoms with E-state index in [9.17, 15) is 9.90 Å². The number of hydrogen-bond acceptors (Lipinski definition) is 6. The summed E-state index contributed by atoms with van der Waals surface area (Å²) < 4.78 is 1.76. The quantitative estimate of drug-likeness (QED) is 0.437. The second kappa shape index (κ2) is 8.91. The van der Waals surface area contributed by atoms with Gasteiger partial charge in [0.1, 0.15) is 5.75 Å². The predicted octanol–water partition coefficient (Wildman–Crippen LogP) is 3.67. The van der Waals surface area contributed by atoms with E-state index in [2.05, 4.69) is 32.7 Å². The van der Waals surface area contributed by atoms with E-state index in [0.29, 0.717) is 17.2 Å². The van der Waals surface area contributed by atoms with E-state index in [1.807, 2.05) is 54.6 Å². The number of piperidine rings is 1. The SMILES string of the molecule is CN1CCC(NC(=O)c2ccc(Nc3nc4cccc(-c5ccc(O)cc5)n4n3)cc2)CC1. The Labute approximate surface area is 191 Å². The van der Waals surface area contributed by atoms with E-state index in [1.54, 1.807) is 16.6 Å². The molecule has 33 heavy (non-hydrogen) atoms. The Morgan fingerprint density at radius 2 is 1.73 bits per heavy atom. The molecule has 4 aromatic rings. The van der Waals surface area contributed by atoms with Crippen LogP contribution in [0.4, 0.5) is 11.6 Å². The van der Waals surface area contributed by atoms with E-state index >= 15 is 0 Å². The molecule has 0 aliphatic carbocycles. The molecule has 5 rings (SSSR count). The zero-order valence-electron chi connectivity index (χ0n) is 18.4. The monoisotopic (exact) mass is 442 g/mol. The number of nitrogens with zero attached hydrogens (tertiary/aromatic N) is 4. The van der Waals surface area contributed by atoms with Gasteiger partial charge < -0.3 is 20.6 Å². The number of aromatic hydroxyl groups is 1. The molecular weight excluding hydrogens is 416 g/mol. The third kappa shape index (κ3) is 4.65. The van der Waals surface area contributed by atoms with Crippen molar-refractivity contribution in [3.63, 3.8) is 0 Å². The van der Waals surface area contributed by atoms with E-state index < -0.39 is 0 Å². The highest BCUT2D eigenvalue weighted by atomic mass is 16.3. The zero-order valence-corrected chi connectivity index (χ0v) is 18.4. The minimum Gasteiger partial charge on any atom is -0.508 e. The fourth-order valence-electron chi connectivity index (χ4n) is 4.06. The van der Waals surface area contributed by atoms with Crippen LogP contribution in [0.5, 0.6) is 5.75 Å². The number of phenols is 1. The normalized spacial score (nSPS) is 14.9. The molecule has 2 aromatic carbocycles. The largest absolute Gasteiger partial charge is 0.508 e. The lowest BCUT2D eigenvalue weighted by Gasteiger charge is -2.29. The number of aromatic nitrogens is 3. The van der Waals surface area contributed by atoms with Gasteiger partial charge in [0.25, 0.3) is 5.91 Å². The fourth-order valence-corrected chi connectivity index (χ4v) is 4.06. The maximum Gasteiger partial charge on any atom is 0.251 e. The van der Waals surface area contributed by atoms with Crippen LogP contribution < -0.4 is 10.6 Å². The van der Waals surface area contributed by atoms with Gasteiger partial charge in [0.15, 0.2) is 5.65 Å². The number of fused-ring (bicyclic) bond motifs is 1. The molecule has 3 N–H and O–H groups in total. The van der Waals surface area contributed by atoms with E-state index in [-0.39, 0.29) is 17.7 Å². The van der Waals surface area contributed by atoms with Gasteiger partial charge >= 0.3 is 0 Å². The number of amides is 1. The number of phenolic OH excluding ortho intramolecular Hbond substituents is 1. The van der Waals surface area contributed by atoms with Crippen molar-refractivity contribution in [2.45, 2.75) is 18.9 Å². The van der Waals surface area contributed by atoms with Crippen LogP contribution in [0.25, 0.3) is 16.9 Å². The Balaban J connectivity index is 1.29. The van der Waals surface area contributed by atoms with Crippen LogP contribution in [-0.2, 0) is 0 Å². The van der Waals surface area contributed by atoms with Crippen LogP contribution in [0.15, 0.2) is 66.7 Å². The second-order valence-electron chi connectivity index (χ2n) is 8.42. The van der Waals surface area contributed by atoms with Crippen LogP contribution in [0.2, 0.25) is 0 Å². The van der Waals surface area contributed by atoms with Gasteiger partial charge in [0.05, 0.1) is 5.69 Å². The average Bonchev–Trinajstić information content (AvgIpc) is 3.24. The fraction of sp³-hybridized carbons (Fsp3) is 0.240. The molecule has 8 heteroatoms. The maximum atomic E-state index is 12.6. The van der Waals surface area contributed by atoms with Crippen LogP contribution in [0.1, 0.15) is 23.2 Å². The number of pyridine rings is 1. The first-order valence-electron chi connectivity index (χ1n) is 11.1. The first kappa shape index (κ1) is 21.0. The van der Waals surface area contributed by atoms with Gasteiger partial charge in [-0.1, -0.05) is 6.07 Å². The van der Waals surface area contributed by atoms with Crippen molar-refractivity contribution in [1.29, 1.82) is 0 Å². The molecular formula is C25H26N6O2. The summed E-state index contributed by atoms with van der Waals surface area (Å²) in [6.07, 6.45) is 1.96. The van der Waals surface area contributed by atoms with Crippen molar-refractivity contribution in [1.82, 2.24) is 24.8 Å². The molecule has 1 amide bonds. The lowest BCUT2D eigenvalue weighted by molar-refractivity contribution is 0.0917. The summed E-state index contributed by atoms with van der Waals surface area (Å²) in [6.45, 7) is 2.02. The van der Waals surface area contributed by atoms with E-state index in [1.165, 1.54) is 0 Å². The van der Waals surface area contributed by atoms with Crippen molar-refractivity contribution in [3.05, 3.63) is 72.3 Å². The zero-order chi connectivity index (χ0) is 22.8. The Kier molecular flexibility index (Phi) is 5.66. The molecule has 0 bridgehead atoms. The molecule has 1 saturated heterocycles. The minimum atomic E-state index is -0.0412. The molecule has 0 radical (unpaired) electrons. The number of rotatable bonds is 5. The Morgan fingerprint density at radius 1 is 1.00 bits per heavy atom. The maximum absolute atomic E-state index is 12.6. The summed E-state index contributed by atoms with van der Waals surface area (Å²) in [5.41, 5.74) is 3.94. The lowest BCUT2D eigenvalue weighted by atomic mass is 10.0. The highest BCUT2D eigenvalue weighted by molar-refractivity contribution is 5.94. The summed E-state index contributed by atoms with van der Waals surface area (Å²) in [5, 5.41) is 20.5. The third-order valence-electron chi connectivity index (χ3n) is 5.98. The highest BCUT2D eigenvalue weighted by Crippen LogP contribution is 2.24. The van der Waals surface area contributed by atoms with Gasteiger partial charge in [-0.3, -0.25) is 4.79 Å². The van der Waals surface area contributed by atoms with Gasteiger partial charge in [-0.15, -0.1) is 5.10 Å². The standard InChI is InChI=1S/C25H26N6O2/c1-30-15-13-20(14-16-30)26-24(33)18-5-9-19(10-6-18)27-25-28-23-4-2-3-22(31(23)29-25)17-7-11-21(32)12-8-17/h2-12,20,32H,13-16H2,1H3,(H,26,33)(H,27,29). The molecule has 2 aromatic heterocycles. The third-order valence-corrected chi connectivity index (χ3v) is 5.98. The molecule has 0 unspecified atom stereocenters. The van der Waals surface area contributed by atoms with Crippen LogP contribution in [-0.4, -0.2) is 56.7 Å². The van der Waals surface area contributed by atoms with Gasteiger partial charge in [-0.25, -0.2) is 4.52 Å². The molecule has 1 aliphatic heterocycles. The molecule has 1 fully saturated rings. The number of hydrogen-bond donors (Lipinski definition) is 3. The number of anilines is 2. The average molecular weight is 443 g/mol. The summed E-state index contributed by atoms with van der Waals surface area (Å²) in [6, 6.07) is 20.3. The van der Waals surface area contributed by atoms with Crippen LogP contribution in [0, 0.1) is 0 Å². The number of carbonyl (C=O) groups is 1. The van der Waals surface area contributed by atoms with Crippen molar-refractivity contribution >= 4 is 23.2 Å². The summed E-state index contributed by atoms with van der Waals surface area (Å²) >= 11 is 0. The number of nitrogens with one attached hydrogen (secondary N) is 2. The first-order valence-corrected chi connectivity index (χ1v) is 11.1. The highest BCUT2D eigenvalue weighted by Gasteiger charge is 2.19. The smallest absolute Gasteiger partial charge is 0.251 e. The molecule has 0 spiro atoms. The topological polar surface area (TPSA) is 94.8 Å².